The first-order valence-corrected chi connectivity index (χ1v) is 10.2. The summed E-state index contributed by atoms with van der Waals surface area (Å²) >= 11 is 0. The molecule has 0 aliphatic carbocycles. The van der Waals surface area contributed by atoms with Crippen LogP contribution < -0.4 is 16.1 Å². The Labute approximate surface area is 147 Å². The van der Waals surface area contributed by atoms with Crippen LogP contribution in [0, 0.1) is 0 Å². The van der Waals surface area contributed by atoms with Crippen LogP contribution in [0.3, 0.4) is 0 Å². The number of hydrogen-bond acceptors (Lipinski definition) is 2. The van der Waals surface area contributed by atoms with Crippen LogP contribution in [0.2, 0.25) is 0 Å². The number of hydrogen-bond donors (Lipinski definition) is 0. The van der Waals surface area contributed by atoms with Gasteiger partial charge in [-0.05, 0) is 57.9 Å². The van der Waals surface area contributed by atoms with Gasteiger partial charge in [-0.15, -0.1) is 0 Å². The highest BCUT2D eigenvalue weighted by molar-refractivity contribution is 7.73. The van der Waals surface area contributed by atoms with Crippen LogP contribution in [0.5, 0.6) is 0 Å². The molecular formula is C20H26BO2P. The minimum Gasteiger partial charge on any atom is -0.399 e. The molecule has 2 nitrogen and oxygen atoms in total. The van der Waals surface area contributed by atoms with Gasteiger partial charge < -0.3 is 9.31 Å². The summed E-state index contributed by atoms with van der Waals surface area (Å²) in [5.41, 5.74) is 0.548. The van der Waals surface area contributed by atoms with Gasteiger partial charge in [-0.25, -0.2) is 0 Å². The zero-order chi connectivity index (χ0) is 17.4. The third-order valence-electron chi connectivity index (χ3n) is 5.12. The van der Waals surface area contributed by atoms with Crippen molar-refractivity contribution in [1.29, 1.82) is 0 Å². The molecule has 0 amide bonds. The monoisotopic (exact) mass is 340 g/mol. The average molecular weight is 340 g/mol. The van der Waals surface area contributed by atoms with Gasteiger partial charge in [0.05, 0.1) is 11.2 Å². The first-order chi connectivity index (χ1) is 11.4. The predicted molar refractivity (Wildman–Crippen MR) is 105 cm³/mol. The Kier molecular flexibility index (Phi) is 4.88. The number of rotatable bonds is 4. The van der Waals surface area contributed by atoms with Crippen molar-refractivity contribution < 1.29 is 9.31 Å². The fourth-order valence-electron chi connectivity index (χ4n) is 3.00. The Hall–Kier alpha value is -1.15. The molecule has 2 aromatic carbocycles. The molecule has 24 heavy (non-hydrogen) atoms. The van der Waals surface area contributed by atoms with Crippen molar-refractivity contribution in [2.24, 2.45) is 0 Å². The van der Waals surface area contributed by atoms with Gasteiger partial charge in [0.1, 0.15) is 0 Å². The topological polar surface area (TPSA) is 18.5 Å². The van der Waals surface area contributed by atoms with Gasteiger partial charge in [-0.3, -0.25) is 0 Å². The smallest absolute Gasteiger partial charge is 0.399 e. The van der Waals surface area contributed by atoms with E-state index in [2.05, 4.69) is 89.2 Å². The summed E-state index contributed by atoms with van der Waals surface area (Å²) in [4.78, 5) is 0. The Bertz CT molecular complexity index is 684. The number of benzene rings is 2. The summed E-state index contributed by atoms with van der Waals surface area (Å²) in [6.45, 7) is 10.7. The van der Waals surface area contributed by atoms with Crippen LogP contribution in [0.4, 0.5) is 0 Å². The van der Waals surface area contributed by atoms with E-state index in [1.807, 2.05) is 0 Å². The SMILES string of the molecule is CCP(c1ccccc1)c1ccccc1B1OC(C)(C)C(C)(C)O1. The molecule has 3 rings (SSSR count). The first kappa shape index (κ1) is 17.7. The van der Waals surface area contributed by atoms with Gasteiger partial charge in [0.15, 0.2) is 0 Å². The maximum atomic E-state index is 6.31. The Morgan fingerprint density at radius 1 is 0.833 bits per heavy atom. The quantitative estimate of drug-likeness (QED) is 0.627. The molecule has 1 aliphatic rings. The standard InChI is InChI=1S/C20H26BO2P/c1-6-24(16-12-8-7-9-13-16)18-15-11-10-14-17(18)21-22-19(2,3)20(4,5)23-21/h7-15H,6H2,1-5H3. The second-order valence-electron chi connectivity index (χ2n) is 7.23. The zero-order valence-electron chi connectivity index (χ0n) is 15.2. The summed E-state index contributed by atoms with van der Waals surface area (Å²) in [7, 11) is -0.707. The Morgan fingerprint density at radius 2 is 1.38 bits per heavy atom. The first-order valence-electron chi connectivity index (χ1n) is 8.63. The highest BCUT2D eigenvalue weighted by atomic mass is 31.1. The minimum atomic E-state index is -0.407. The van der Waals surface area contributed by atoms with Crippen LogP contribution in [0.25, 0.3) is 0 Å². The van der Waals surface area contributed by atoms with Gasteiger partial charge in [0, 0.05) is 0 Å². The maximum Gasteiger partial charge on any atom is 0.495 e. The van der Waals surface area contributed by atoms with E-state index in [0.717, 1.165) is 6.16 Å². The molecule has 4 heteroatoms. The van der Waals surface area contributed by atoms with Crippen molar-refractivity contribution in [3.05, 3.63) is 54.6 Å². The third-order valence-corrected chi connectivity index (χ3v) is 7.66. The van der Waals surface area contributed by atoms with Crippen molar-refractivity contribution in [3.8, 4) is 0 Å². The largest absolute Gasteiger partial charge is 0.495 e. The second kappa shape index (κ2) is 6.63. The summed E-state index contributed by atoms with van der Waals surface area (Å²) < 4.78 is 12.6. The van der Waals surface area contributed by atoms with Gasteiger partial charge in [0.25, 0.3) is 0 Å². The van der Waals surface area contributed by atoms with Crippen molar-refractivity contribution >= 4 is 31.1 Å². The van der Waals surface area contributed by atoms with E-state index in [0.29, 0.717) is 0 Å². The maximum absolute atomic E-state index is 6.31. The molecule has 0 radical (unpaired) electrons. The molecular weight excluding hydrogens is 314 g/mol. The van der Waals surface area contributed by atoms with E-state index in [1.54, 1.807) is 0 Å². The lowest BCUT2D eigenvalue weighted by Gasteiger charge is -2.32. The van der Waals surface area contributed by atoms with E-state index < -0.39 is 7.92 Å². The molecule has 126 valence electrons. The normalized spacial score (nSPS) is 20.1. The van der Waals surface area contributed by atoms with Crippen LogP contribution >= 0.6 is 7.92 Å². The molecule has 1 aliphatic heterocycles. The molecule has 0 aromatic heterocycles. The lowest BCUT2D eigenvalue weighted by molar-refractivity contribution is 0.00578. The Morgan fingerprint density at radius 3 is 1.96 bits per heavy atom. The van der Waals surface area contributed by atoms with Crippen molar-refractivity contribution in [2.75, 3.05) is 6.16 Å². The van der Waals surface area contributed by atoms with Crippen molar-refractivity contribution in [1.82, 2.24) is 0 Å². The lowest BCUT2D eigenvalue weighted by atomic mass is 9.79. The van der Waals surface area contributed by atoms with Gasteiger partial charge in [-0.1, -0.05) is 61.5 Å². The molecule has 1 unspecified atom stereocenters. The fraction of sp³-hybridized carbons (Fsp3) is 0.400. The lowest BCUT2D eigenvalue weighted by Crippen LogP contribution is -2.43. The minimum absolute atomic E-state index is 0.300. The molecule has 1 atom stereocenters. The van der Waals surface area contributed by atoms with Crippen molar-refractivity contribution in [3.63, 3.8) is 0 Å². The summed E-state index contributed by atoms with van der Waals surface area (Å²) in [6.07, 6.45) is 1.11. The second-order valence-corrected chi connectivity index (χ2v) is 9.71. The highest BCUT2D eigenvalue weighted by Crippen LogP contribution is 2.38. The Balaban J connectivity index is 2.00. The van der Waals surface area contributed by atoms with E-state index in [9.17, 15) is 0 Å². The van der Waals surface area contributed by atoms with Crippen LogP contribution in [-0.4, -0.2) is 24.5 Å². The van der Waals surface area contributed by atoms with Crippen LogP contribution in [0.15, 0.2) is 54.6 Å². The molecule has 0 bridgehead atoms. The molecule has 0 spiro atoms. The predicted octanol–water partition coefficient (Wildman–Crippen LogP) is 3.44. The van der Waals surface area contributed by atoms with E-state index in [-0.39, 0.29) is 18.3 Å². The van der Waals surface area contributed by atoms with Crippen LogP contribution in [0.1, 0.15) is 34.6 Å². The summed E-state index contributed by atoms with van der Waals surface area (Å²) in [6, 6.07) is 19.4. The molecule has 1 saturated heterocycles. The molecule has 0 N–H and O–H groups in total. The van der Waals surface area contributed by atoms with E-state index in [1.165, 1.54) is 16.1 Å². The van der Waals surface area contributed by atoms with Crippen LogP contribution in [-0.2, 0) is 9.31 Å². The summed E-state index contributed by atoms with van der Waals surface area (Å²) in [5, 5.41) is 2.76. The molecule has 0 saturated carbocycles. The van der Waals surface area contributed by atoms with Crippen molar-refractivity contribution in [2.45, 2.75) is 45.8 Å². The van der Waals surface area contributed by atoms with Gasteiger partial charge in [0.2, 0.25) is 0 Å². The average Bonchev–Trinajstić information content (AvgIpc) is 2.78. The summed E-state index contributed by atoms with van der Waals surface area (Å²) in [5.74, 6) is 0. The third kappa shape index (κ3) is 3.18. The van der Waals surface area contributed by atoms with Gasteiger partial charge >= 0.3 is 7.12 Å². The molecule has 1 heterocycles. The molecule has 2 aromatic rings. The zero-order valence-corrected chi connectivity index (χ0v) is 16.1. The molecule has 1 fully saturated rings. The van der Waals surface area contributed by atoms with E-state index in [4.69, 9.17) is 9.31 Å². The fourth-order valence-corrected chi connectivity index (χ4v) is 5.28. The van der Waals surface area contributed by atoms with Gasteiger partial charge in [-0.2, -0.15) is 0 Å². The highest BCUT2D eigenvalue weighted by Gasteiger charge is 2.52. The van der Waals surface area contributed by atoms with E-state index >= 15 is 0 Å².